The molecule has 0 bridgehead atoms. The van der Waals surface area contributed by atoms with Crippen LogP contribution >= 0.6 is 0 Å². The second-order valence-corrected chi connectivity index (χ2v) is 7.62. The molecule has 0 aliphatic carbocycles. The summed E-state index contributed by atoms with van der Waals surface area (Å²) >= 11 is 0. The molecular weight excluding hydrogens is 400 g/mol. The van der Waals surface area contributed by atoms with Crippen LogP contribution in [0, 0.1) is 0 Å². The highest BCUT2D eigenvalue weighted by molar-refractivity contribution is 6.02. The van der Waals surface area contributed by atoms with Crippen LogP contribution in [0.4, 0.5) is 5.69 Å². The molecule has 1 N–H and O–H groups in total. The van der Waals surface area contributed by atoms with Crippen molar-refractivity contribution in [2.45, 2.75) is 19.0 Å². The average Bonchev–Trinajstić information content (AvgIpc) is 2.85. The van der Waals surface area contributed by atoms with Gasteiger partial charge in [-0.15, -0.1) is 6.58 Å². The molecule has 0 fully saturated rings. The predicted octanol–water partition coefficient (Wildman–Crippen LogP) is 5.46. The molecule has 1 atom stereocenters. The molecule has 1 aliphatic rings. The summed E-state index contributed by atoms with van der Waals surface area (Å²) in [5.41, 5.74) is 1.86. The maximum absolute atomic E-state index is 13.3. The minimum atomic E-state index is -0.658. The number of ether oxygens (including phenoxy) is 2. The first-order valence-corrected chi connectivity index (χ1v) is 10.9. The number of hydrogen-bond donors (Lipinski definition) is 1. The zero-order valence-electron chi connectivity index (χ0n) is 18.3. The second kappa shape index (κ2) is 9.60. The van der Waals surface area contributed by atoms with Gasteiger partial charge >= 0.3 is 0 Å². The predicted molar refractivity (Wildman–Crippen MR) is 127 cm³/mol. The molecule has 1 aliphatic heterocycles. The fraction of sp³-hybridized carbons (Fsp3) is 0.222. The Bertz CT molecular complexity index is 1070. The van der Waals surface area contributed by atoms with Crippen molar-refractivity contribution >= 4 is 11.6 Å². The third kappa shape index (κ3) is 4.19. The standard InChI is InChI=1S/C27H28N2O3/c1-3-18-29-26(30)24-12-8-9-13-25(24)28-27(29,4-2)21-14-16-23(17-15-21)32-20-19-31-22-10-6-5-7-11-22/h3,5-17,28H,1,4,18-20H2,2H3. The summed E-state index contributed by atoms with van der Waals surface area (Å²) < 4.78 is 11.5. The van der Waals surface area contributed by atoms with Crippen molar-refractivity contribution in [2.24, 2.45) is 0 Å². The first-order chi connectivity index (χ1) is 15.7. The minimum absolute atomic E-state index is 0.000475. The van der Waals surface area contributed by atoms with Gasteiger partial charge in [-0.25, -0.2) is 0 Å². The SMILES string of the molecule is C=CCN1C(=O)c2ccccc2NC1(CC)c1ccc(OCCOc2ccccc2)cc1. The Labute approximate surface area is 189 Å². The molecule has 5 nitrogen and oxygen atoms in total. The Hall–Kier alpha value is -3.73. The maximum atomic E-state index is 13.3. The van der Waals surface area contributed by atoms with Gasteiger partial charge in [-0.2, -0.15) is 0 Å². The smallest absolute Gasteiger partial charge is 0.258 e. The van der Waals surface area contributed by atoms with Gasteiger partial charge in [0.05, 0.1) is 5.56 Å². The summed E-state index contributed by atoms with van der Waals surface area (Å²) in [5, 5.41) is 3.63. The third-order valence-corrected chi connectivity index (χ3v) is 5.72. The molecule has 0 saturated carbocycles. The largest absolute Gasteiger partial charge is 0.490 e. The Kier molecular flexibility index (Phi) is 6.45. The van der Waals surface area contributed by atoms with Gasteiger partial charge in [-0.1, -0.05) is 55.5 Å². The molecule has 32 heavy (non-hydrogen) atoms. The zero-order valence-corrected chi connectivity index (χ0v) is 18.3. The maximum Gasteiger partial charge on any atom is 0.258 e. The number of para-hydroxylation sites is 2. The van der Waals surface area contributed by atoms with E-state index in [9.17, 15) is 4.79 Å². The van der Waals surface area contributed by atoms with Gasteiger partial charge in [-0.3, -0.25) is 4.79 Å². The van der Waals surface area contributed by atoms with Crippen LogP contribution < -0.4 is 14.8 Å². The normalized spacial score (nSPS) is 17.3. The van der Waals surface area contributed by atoms with Gasteiger partial charge in [0.2, 0.25) is 0 Å². The topological polar surface area (TPSA) is 50.8 Å². The van der Waals surface area contributed by atoms with E-state index in [0.717, 1.165) is 22.7 Å². The molecule has 1 unspecified atom stereocenters. The number of amides is 1. The van der Waals surface area contributed by atoms with E-state index in [0.29, 0.717) is 31.7 Å². The first-order valence-electron chi connectivity index (χ1n) is 10.9. The van der Waals surface area contributed by atoms with Crippen LogP contribution in [-0.4, -0.2) is 30.6 Å². The minimum Gasteiger partial charge on any atom is -0.490 e. The lowest BCUT2D eigenvalue weighted by atomic mass is 9.89. The van der Waals surface area contributed by atoms with E-state index in [1.54, 1.807) is 6.08 Å². The van der Waals surface area contributed by atoms with E-state index < -0.39 is 5.66 Å². The molecule has 0 spiro atoms. The van der Waals surface area contributed by atoms with Gasteiger partial charge < -0.3 is 19.7 Å². The Balaban J connectivity index is 1.50. The number of anilines is 1. The summed E-state index contributed by atoms with van der Waals surface area (Å²) in [6.45, 7) is 7.30. The Morgan fingerprint density at radius 2 is 1.53 bits per heavy atom. The number of nitrogens with one attached hydrogen (secondary N) is 1. The average molecular weight is 429 g/mol. The van der Waals surface area contributed by atoms with Crippen LogP contribution in [0.2, 0.25) is 0 Å². The molecule has 0 aromatic heterocycles. The number of carbonyl (C=O) groups is 1. The highest BCUT2D eigenvalue weighted by Crippen LogP contribution is 2.40. The van der Waals surface area contributed by atoms with E-state index in [1.807, 2.05) is 83.8 Å². The van der Waals surface area contributed by atoms with Gasteiger partial charge in [0.1, 0.15) is 30.4 Å². The van der Waals surface area contributed by atoms with Crippen LogP contribution in [-0.2, 0) is 5.66 Å². The van der Waals surface area contributed by atoms with Crippen molar-refractivity contribution in [3.05, 3.63) is 103 Å². The fourth-order valence-corrected chi connectivity index (χ4v) is 4.13. The third-order valence-electron chi connectivity index (χ3n) is 5.72. The summed E-state index contributed by atoms with van der Waals surface area (Å²) in [7, 11) is 0. The summed E-state index contributed by atoms with van der Waals surface area (Å²) in [6, 6.07) is 25.2. The highest BCUT2D eigenvalue weighted by Gasteiger charge is 2.44. The van der Waals surface area contributed by atoms with Crippen molar-refractivity contribution in [2.75, 3.05) is 25.1 Å². The lowest BCUT2D eigenvalue weighted by molar-refractivity contribution is 0.0524. The van der Waals surface area contributed by atoms with Crippen LogP contribution in [0.3, 0.4) is 0 Å². The lowest BCUT2D eigenvalue weighted by Crippen LogP contribution is -2.57. The monoisotopic (exact) mass is 428 g/mol. The second-order valence-electron chi connectivity index (χ2n) is 7.62. The Morgan fingerprint density at radius 3 is 2.19 bits per heavy atom. The molecule has 3 aromatic rings. The van der Waals surface area contributed by atoms with Crippen LogP contribution in [0.25, 0.3) is 0 Å². The van der Waals surface area contributed by atoms with Crippen LogP contribution in [0.1, 0.15) is 29.3 Å². The number of hydrogen-bond acceptors (Lipinski definition) is 4. The van der Waals surface area contributed by atoms with Crippen molar-refractivity contribution in [3.8, 4) is 11.5 Å². The number of nitrogens with zero attached hydrogens (tertiary/aromatic N) is 1. The van der Waals surface area contributed by atoms with Crippen molar-refractivity contribution in [1.82, 2.24) is 4.90 Å². The van der Waals surface area contributed by atoms with Crippen molar-refractivity contribution in [1.29, 1.82) is 0 Å². The summed E-state index contributed by atoms with van der Waals surface area (Å²) in [5.74, 6) is 1.58. The Morgan fingerprint density at radius 1 is 0.906 bits per heavy atom. The van der Waals surface area contributed by atoms with Crippen molar-refractivity contribution in [3.63, 3.8) is 0 Å². The number of benzene rings is 3. The summed E-state index contributed by atoms with van der Waals surface area (Å²) in [4.78, 5) is 15.2. The molecule has 1 amide bonds. The first kappa shape index (κ1) is 21.5. The lowest BCUT2D eigenvalue weighted by Gasteiger charge is -2.48. The van der Waals surface area contributed by atoms with E-state index >= 15 is 0 Å². The quantitative estimate of drug-likeness (QED) is 0.363. The molecule has 5 heteroatoms. The van der Waals surface area contributed by atoms with E-state index in [4.69, 9.17) is 9.47 Å². The number of fused-ring (bicyclic) bond motifs is 1. The van der Waals surface area contributed by atoms with Crippen LogP contribution in [0.5, 0.6) is 11.5 Å². The van der Waals surface area contributed by atoms with Gasteiger partial charge in [0, 0.05) is 12.2 Å². The number of rotatable bonds is 9. The summed E-state index contributed by atoms with van der Waals surface area (Å²) in [6.07, 6.45) is 2.47. The molecular formula is C27H28N2O3. The van der Waals surface area contributed by atoms with Gasteiger partial charge in [0.15, 0.2) is 0 Å². The molecule has 4 rings (SSSR count). The molecule has 164 valence electrons. The number of carbonyl (C=O) groups excluding carboxylic acids is 1. The van der Waals surface area contributed by atoms with E-state index in [1.165, 1.54) is 0 Å². The van der Waals surface area contributed by atoms with Gasteiger partial charge in [-0.05, 0) is 48.4 Å². The fourth-order valence-electron chi connectivity index (χ4n) is 4.13. The molecule has 0 radical (unpaired) electrons. The molecule has 0 saturated heterocycles. The van der Waals surface area contributed by atoms with Gasteiger partial charge in [0.25, 0.3) is 5.91 Å². The highest BCUT2D eigenvalue weighted by atomic mass is 16.5. The zero-order chi connectivity index (χ0) is 22.4. The molecule has 1 heterocycles. The van der Waals surface area contributed by atoms with Crippen molar-refractivity contribution < 1.29 is 14.3 Å². The molecule has 3 aromatic carbocycles. The van der Waals surface area contributed by atoms with E-state index in [2.05, 4.69) is 18.8 Å². The van der Waals surface area contributed by atoms with E-state index in [-0.39, 0.29) is 5.91 Å². The van der Waals surface area contributed by atoms with Crippen LogP contribution in [0.15, 0.2) is 91.5 Å².